The Bertz CT molecular complexity index is 1250. The highest BCUT2D eigenvalue weighted by atomic mass is 35.5. The molecule has 0 radical (unpaired) electrons. The van der Waals surface area contributed by atoms with E-state index in [0.29, 0.717) is 36.5 Å². The van der Waals surface area contributed by atoms with E-state index >= 15 is 0 Å². The second-order valence-electron chi connectivity index (χ2n) is 9.84. The fraction of sp³-hybridized carbons (Fsp3) is 0.520. The lowest BCUT2D eigenvalue weighted by Gasteiger charge is -2.44. The average Bonchev–Trinajstić information content (AvgIpc) is 2.79. The van der Waals surface area contributed by atoms with Gasteiger partial charge in [0.1, 0.15) is 11.5 Å². The Hall–Kier alpha value is -2.78. The molecule has 2 aliphatic heterocycles. The van der Waals surface area contributed by atoms with E-state index in [-0.39, 0.29) is 41.1 Å². The average molecular weight is 503 g/mol. The maximum atomic E-state index is 14.7. The summed E-state index contributed by atoms with van der Waals surface area (Å²) in [7, 11) is 0. The maximum absolute atomic E-state index is 14.7. The molecule has 1 unspecified atom stereocenters. The Labute approximate surface area is 209 Å². The van der Waals surface area contributed by atoms with Gasteiger partial charge in [-0.3, -0.25) is 9.36 Å². The molecule has 1 N–H and O–H groups in total. The molecule has 1 fully saturated rings. The van der Waals surface area contributed by atoms with Gasteiger partial charge in [-0.25, -0.2) is 14.2 Å². The molecule has 0 bridgehead atoms. The molecule has 4 rings (SSSR count). The van der Waals surface area contributed by atoms with Gasteiger partial charge in [0, 0.05) is 37.8 Å². The molecular weight excluding hydrogens is 471 g/mol. The lowest BCUT2D eigenvalue weighted by Crippen LogP contribution is -2.59. The number of nitrogens with one attached hydrogen (secondary N) is 1. The van der Waals surface area contributed by atoms with Gasteiger partial charge in [0.05, 0.1) is 11.4 Å². The molecule has 1 saturated heterocycles. The maximum Gasteiger partial charge on any atom is 0.351 e. The molecule has 8 nitrogen and oxygen atoms in total. The molecule has 1 amide bonds. The normalized spacial score (nSPS) is 25.2. The SMILES string of the molecule is C=CC(=O)N1[C@H](C)CN(c2nc(=O)n(C3C(C)=CCN[C@H]3C(C)C)c3nc(Cl)c(F)cc23)C[C@@H]1C. The van der Waals surface area contributed by atoms with Crippen LogP contribution in [0.15, 0.2) is 35.2 Å². The lowest BCUT2D eigenvalue weighted by atomic mass is 9.88. The number of rotatable bonds is 4. The van der Waals surface area contributed by atoms with Gasteiger partial charge in [-0.1, -0.05) is 43.7 Å². The van der Waals surface area contributed by atoms with Crippen molar-refractivity contribution in [3.63, 3.8) is 0 Å². The van der Waals surface area contributed by atoms with Gasteiger partial charge in [0.25, 0.3) is 0 Å². The topological polar surface area (TPSA) is 83.4 Å². The van der Waals surface area contributed by atoms with Gasteiger partial charge in [-0.05, 0) is 38.8 Å². The van der Waals surface area contributed by atoms with Crippen LogP contribution in [0.4, 0.5) is 10.2 Å². The van der Waals surface area contributed by atoms with Crippen molar-refractivity contribution >= 4 is 34.4 Å². The van der Waals surface area contributed by atoms with Gasteiger partial charge in [0.15, 0.2) is 11.0 Å². The van der Waals surface area contributed by atoms with Gasteiger partial charge in [-0.2, -0.15) is 4.98 Å². The standard InChI is InChI=1S/C25H32ClFN6O2/c1-7-19(34)32-15(5)11-31(12-16(32)6)23-17-10-18(27)22(26)29-24(17)33(25(35)30-23)21-14(4)8-9-28-20(21)13(2)3/h7-8,10,13,15-16,20-21,28H,1,9,11-12H2,2-6H3/t15-,16+,20-,21?/m0/s1. The van der Waals surface area contributed by atoms with Crippen LogP contribution in [-0.2, 0) is 4.79 Å². The third-order valence-corrected chi connectivity index (χ3v) is 7.28. The minimum absolute atomic E-state index is 0.0346. The molecule has 2 aromatic rings. The number of carbonyl (C=O) groups is 1. The number of hydrogen-bond donors (Lipinski definition) is 1. The predicted molar refractivity (Wildman–Crippen MR) is 136 cm³/mol. The number of pyridine rings is 1. The zero-order valence-electron chi connectivity index (χ0n) is 20.8. The monoisotopic (exact) mass is 502 g/mol. The van der Waals surface area contributed by atoms with Crippen LogP contribution in [0.25, 0.3) is 11.0 Å². The second kappa shape index (κ2) is 9.70. The zero-order chi connectivity index (χ0) is 25.6. The fourth-order valence-electron chi connectivity index (χ4n) is 5.46. The summed E-state index contributed by atoms with van der Waals surface area (Å²) in [5.74, 6) is -0.258. The molecule has 4 heterocycles. The van der Waals surface area contributed by atoms with Crippen molar-refractivity contribution in [2.45, 2.75) is 58.8 Å². The van der Waals surface area contributed by atoms with Crippen LogP contribution in [0.1, 0.15) is 40.7 Å². The van der Waals surface area contributed by atoms with Gasteiger partial charge in [0.2, 0.25) is 5.91 Å². The first-order valence-electron chi connectivity index (χ1n) is 11.9. The van der Waals surface area contributed by atoms with E-state index in [1.807, 2.05) is 31.7 Å². The van der Waals surface area contributed by atoms with E-state index in [1.165, 1.54) is 16.7 Å². The minimum atomic E-state index is -0.677. The Morgan fingerprint density at radius 2 is 1.94 bits per heavy atom. The molecule has 0 aliphatic carbocycles. The Kier molecular flexibility index (Phi) is 7.02. The highest BCUT2D eigenvalue weighted by Crippen LogP contribution is 2.34. The molecule has 4 atom stereocenters. The first-order chi connectivity index (χ1) is 16.5. The Morgan fingerprint density at radius 1 is 1.29 bits per heavy atom. The number of carbonyl (C=O) groups excluding carboxylic acids is 1. The molecule has 0 saturated carbocycles. The van der Waals surface area contributed by atoms with Crippen LogP contribution in [0.2, 0.25) is 5.15 Å². The van der Waals surface area contributed by atoms with Crippen LogP contribution >= 0.6 is 11.6 Å². The van der Waals surface area contributed by atoms with Crippen LogP contribution < -0.4 is 15.9 Å². The number of piperazine rings is 1. The molecule has 0 spiro atoms. The highest BCUT2D eigenvalue weighted by Gasteiger charge is 2.36. The van der Waals surface area contributed by atoms with E-state index in [1.54, 1.807) is 4.90 Å². The van der Waals surface area contributed by atoms with E-state index in [4.69, 9.17) is 11.6 Å². The number of fused-ring (bicyclic) bond motifs is 1. The third kappa shape index (κ3) is 4.47. The molecule has 188 valence electrons. The lowest BCUT2D eigenvalue weighted by molar-refractivity contribution is -0.130. The number of hydrogen-bond acceptors (Lipinski definition) is 6. The van der Waals surface area contributed by atoms with Crippen molar-refractivity contribution in [3.8, 4) is 0 Å². The van der Waals surface area contributed by atoms with Crippen molar-refractivity contribution in [3.05, 3.63) is 51.8 Å². The van der Waals surface area contributed by atoms with Crippen LogP contribution in [0.3, 0.4) is 0 Å². The van der Waals surface area contributed by atoms with Gasteiger partial charge < -0.3 is 15.1 Å². The number of amides is 1. The van der Waals surface area contributed by atoms with E-state index in [2.05, 4.69) is 35.7 Å². The molecule has 35 heavy (non-hydrogen) atoms. The van der Waals surface area contributed by atoms with Gasteiger partial charge in [-0.15, -0.1) is 0 Å². The first-order valence-corrected chi connectivity index (χ1v) is 12.3. The molecule has 0 aromatic carbocycles. The highest BCUT2D eigenvalue weighted by molar-refractivity contribution is 6.30. The molecule has 2 aliphatic rings. The van der Waals surface area contributed by atoms with Gasteiger partial charge >= 0.3 is 5.69 Å². The number of anilines is 1. The largest absolute Gasteiger partial charge is 0.352 e. The number of aromatic nitrogens is 3. The summed E-state index contributed by atoms with van der Waals surface area (Å²) >= 11 is 6.12. The van der Waals surface area contributed by atoms with Crippen LogP contribution in [-0.4, -0.2) is 63.1 Å². The summed E-state index contributed by atoms with van der Waals surface area (Å²) in [6.45, 7) is 15.2. The quantitative estimate of drug-likeness (QED) is 0.392. The van der Waals surface area contributed by atoms with Crippen LogP contribution in [0.5, 0.6) is 0 Å². The van der Waals surface area contributed by atoms with E-state index in [0.717, 1.165) is 5.57 Å². The minimum Gasteiger partial charge on any atom is -0.352 e. The summed E-state index contributed by atoms with van der Waals surface area (Å²) in [5, 5.41) is 3.59. The van der Waals surface area contributed by atoms with Crippen LogP contribution in [0, 0.1) is 11.7 Å². The van der Waals surface area contributed by atoms with Crippen molar-refractivity contribution < 1.29 is 9.18 Å². The predicted octanol–water partition coefficient (Wildman–Crippen LogP) is 3.31. The molecule has 10 heteroatoms. The summed E-state index contributed by atoms with van der Waals surface area (Å²) in [6, 6.07) is 0.611. The fourth-order valence-corrected chi connectivity index (χ4v) is 5.60. The Morgan fingerprint density at radius 3 is 2.54 bits per heavy atom. The summed E-state index contributed by atoms with van der Waals surface area (Å²) in [6.07, 6.45) is 3.35. The van der Waals surface area contributed by atoms with E-state index in [9.17, 15) is 14.0 Å². The second-order valence-corrected chi connectivity index (χ2v) is 10.2. The third-order valence-electron chi connectivity index (χ3n) is 7.02. The summed E-state index contributed by atoms with van der Waals surface area (Å²) in [4.78, 5) is 38.4. The van der Waals surface area contributed by atoms with Crippen molar-refractivity contribution in [1.29, 1.82) is 0 Å². The summed E-state index contributed by atoms with van der Waals surface area (Å²) in [5.41, 5.74) is 0.838. The zero-order valence-corrected chi connectivity index (χ0v) is 21.5. The summed E-state index contributed by atoms with van der Waals surface area (Å²) < 4.78 is 16.2. The van der Waals surface area contributed by atoms with E-state index < -0.39 is 11.5 Å². The number of nitrogens with zero attached hydrogens (tertiary/aromatic N) is 5. The first kappa shape index (κ1) is 25.3. The van der Waals surface area contributed by atoms with Crippen molar-refractivity contribution in [1.82, 2.24) is 24.8 Å². The number of halogens is 2. The Balaban J connectivity index is 1.90. The smallest absolute Gasteiger partial charge is 0.351 e. The van der Waals surface area contributed by atoms with Crippen molar-refractivity contribution in [2.75, 3.05) is 24.5 Å². The molecule has 2 aromatic heterocycles. The van der Waals surface area contributed by atoms with Crippen molar-refractivity contribution in [2.24, 2.45) is 5.92 Å². The molecular formula is C25H32ClFN6O2.